The Labute approximate surface area is 234 Å². The number of ether oxygens (including phenoxy) is 1. The van der Waals surface area contributed by atoms with Crippen LogP contribution in [0.25, 0.3) is 11.1 Å². The third-order valence-electron chi connectivity index (χ3n) is 8.69. The van der Waals surface area contributed by atoms with Gasteiger partial charge in [-0.3, -0.25) is 4.79 Å². The average molecular weight is 523 g/mol. The van der Waals surface area contributed by atoms with E-state index < -0.39 is 5.60 Å². The molecule has 39 heavy (non-hydrogen) atoms. The quantitative estimate of drug-likeness (QED) is 0.254. The number of esters is 1. The summed E-state index contributed by atoms with van der Waals surface area (Å²) in [6.45, 7) is 8.83. The highest BCUT2D eigenvalue weighted by molar-refractivity contribution is 5.74. The molecule has 3 nitrogen and oxygen atoms in total. The first-order valence-corrected chi connectivity index (χ1v) is 14.4. The summed E-state index contributed by atoms with van der Waals surface area (Å²) in [4.78, 5) is 11.8. The van der Waals surface area contributed by atoms with E-state index in [1.807, 2.05) is 12.1 Å². The molecule has 0 heterocycles. The van der Waals surface area contributed by atoms with Gasteiger partial charge in [0, 0.05) is 11.0 Å². The van der Waals surface area contributed by atoms with Crippen molar-refractivity contribution in [1.29, 1.82) is 0 Å². The molecule has 4 rings (SSSR count). The number of benzene rings is 3. The summed E-state index contributed by atoms with van der Waals surface area (Å²) in [5.74, 6) is 6.27. The number of hydrogen-bond donors (Lipinski definition) is 1. The summed E-state index contributed by atoms with van der Waals surface area (Å²) in [6, 6.07) is 21.6. The number of methoxy groups -OCH3 is 1. The van der Waals surface area contributed by atoms with Crippen LogP contribution in [0.5, 0.6) is 0 Å². The van der Waals surface area contributed by atoms with E-state index in [4.69, 9.17) is 4.74 Å². The van der Waals surface area contributed by atoms with Crippen LogP contribution in [0.15, 0.2) is 60.7 Å². The first-order valence-electron chi connectivity index (χ1n) is 14.4. The second kappa shape index (κ2) is 12.2. The van der Waals surface area contributed by atoms with Crippen LogP contribution in [0.2, 0.25) is 0 Å². The number of carbonyl (C=O) groups excluding carboxylic acids is 1. The molecule has 3 aromatic carbocycles. The van der Waals surface area contributed by atoms with Gasteiger partial charge in [0.25, 0.3) is 0 Å². The Morgan fingerprint density at radius 1 is 0.923 bits per heavy atom. The minimum Gasteiger partial charge on any atom is -0.469 e. The SMILES string of the molecule is CCC(CC)(c1ccc(C#CC2(O)CCCCC2)c(C)c1)c1ccc(-c2cccc(CC(=O)OC)c2)c(C)c1. The lowest BCUT2D eigenvalue weighted by Gasteiger charge is -2.34. The van der Waals surface area contributed by atoms with Crippen molar-refractivity contribution in [3.05, 3.63) is 94.0 Å². The van der Waals surface area contributed by atoms with Crippen LogP contribution in [-0.4, -0.2) is 23.8 Å². The molecule has 1 saturated carbocycles. The van der Waals surface area contributed by atoms with E-state index in [1.54, 1.807) is 0 Å². The lowest BCUT2D eigenvalue weighted by Crippen LogP contribution is -2.29. The molecule has 0 aromatic heterocycles. The fraction of sp³-hybridized carbons (Fsp3) is 0.417. The Hall–Kier alpha value is -3.35. The molecule has 0 spiro atoms. The molecule has 0 atom stereocenters. The molecule has 0 amide bonds. The van der Waals surface area contributed by atoms with E-state index in [0.717, 1.165) is 60.8 Å². The molecule has 0 saturated heterocycles. The summed E-state index contributed by atoms with van der Waals surface area (Å²) in [7, 11) is 1.42. The minimum absolute atomic E-state index is 0.103. The van der Waals surface area contributed by atoms with Gasteiger partial charge in [0.1, 0.15) is 5.60 Å². The van der Waals surface area contributed by atoms with Crippen LogP contribution in [-0.2, 0) is 21.4 Å². The van der Waals surface area contributed by atoms with E-state index in [1.165, 1.54) is 35.8 Å². The van der Waals surface area contributed by atoms with Crippen molar-refractivity contribution < 1.29 is 14.6 Å². The number of aryl methyl sites for hydroxylation is 2. The van der Waals surface area contributed by atoms with Crippen LogP contribution in [0, 0.1) is 25.7 Å². The zero-order valence-electron chi connectivity index (χ0n) is 24.2. The molecule has 3 aromatic rings. The maximum Gasteiger partial charge on any atom is 0.309 e. The summed E-state index contributed by atoms with van der Waals surface area (Å²) in [5, 5.41) is 10.8. The fourth-order valence-corrected chi connectivity index (χ4v) is 6.15. The van der Waals surface area contributed by atoms with Crippen molar-refractivity contribution in [2.45, 2.75) is 90.1 Å². The van der Waals surface area contributed by atoms with Gasteiger partial charge in [-0.15, -0.1) is 0 Å². The predicted molar refractivity (Wildman–Crippen MR) is 160 cm³/mol. The molecular formula is C36H42O3. The van der Waals surface area contributed by atoms with Gasteiger partial charge >= 0.3 is 5.97 Å². The topological polar surface area (TPSA) is 46.5 Å². The first-order chi connectivity index (χ1) is 18.7. The van der Waals surface area contributed by atoms with Gasteiger partial charge in [0.2, 0.25) is 0 Å². The first kappa shape index (κ1) is 28.7. The summed E-state index contributed by atoms with van der Waals surface area (Å²) >= 11 is 0. The van der Waals surface area contributed by atoms with Gasteiger partial charge in [-0.2, -0.15) is 0 Å². The smallest absolute Gasteiger partial charge is 0.309 e. The second-order valence-corrected chi connectivity index (χ2v) is 11.1. The highest BCUT2D eigenvalue weighted by atomic mass is 16.5. The maximum absolute atomic E-state index is 11.8. The van der Waals surface area contributed by atoms with E-state index in [9.17, 15) is 9.90 Å². The Morgan fingerprint density at radius 2 is 1.59 bits per heavy atom. The molecule has 1 N–H and O–H groups in total. The number of rotatable bonds is 7. The summed E-state index contributed by atoms with van der Waals surface area (Å²) in [5.41, 5.74) is 8.29. The Balaban J connectivity index is 1.65. The van der Waals surface area contributed by atoms with Crippen LogP contribution < -0.4 is 0 Å². The highest BCUT2D eigenvalue weighted by Crippen LogP contribution is 2.41. The monoisotopic (exact) mass is 522 g/mol. The van der Waals surface area contributed by atoms with E-state index in [-0.39, 0.29) is 17.8 Å². The molecule has 0 bridgehead atoms. The van der Waals surface area contributed by atoms with Crippen molar-refractivity contribution in [3.63, 3.8) is 0 Å². The van der Waals surface area contributed by atoms with Gasteiger partial charge in [0.05, 0.1) is 13.5 Å². The lowest BCUT2D eigenvalue weighted by atomic mass is 9.69. The third-order valence-corrected chi connectivity index (χ3v) is 8.69. The van der Waals surface area contributed by atoms with Crippen LogP contribution in [0.1, 0.15) is 92.2 Å². The average Bonchev–Trinajstić information content (AvgIpc) is 2.94. The van der Waals surface area contributed by atoms with Crippen molar-refractivity contribution >= 4 is 5.97 Å². The molecule has 1 fully saturated rings. The second-order valence-electron chi connectivity index (χ2n) is 11.1. The van der Waals surface area contributed by atoms with E-state index >= 15 is 0 Å². The Bertz CT molecular complexity index is 1380. The maximum atomic E-state index is 11.8. The molecule has 3 heteroatoms. The minimum atomic E-state index is -0.835. The molecule has 0 radical (unpaired) electrons. The number of carbonyl (C=O) groups is 1. The molecule has 1 aliphatic rings. The number of aliphatic hydroxyl groups is 1. The lowest BCUT2D eigenvalue weighted by molar-refractivity contribution is -0.139. The van der Waals surface area contributed by atoms with Crippen molar-refractivity contribution in [3.8, 4) is 23.0 Å². The van der Waals surface area contributed by atoms with Crippen LogP contribution in [0.3, 0.4) is 0 Å². The molecular weight excluding hydrogens is 480 g/mol. The van der Waals surface area contributed by atoms with Crippen molar-refractivity contribution in [2.24, 2.45) is 0 Å². The van der Waals surface area contributed by atoms with Gasteiger partial charge < -0.3 is 9.84 Å². The Kier molecular flexibility index (Phi) is 8.98. The fourth-order valence-electron chi connectivity index (χ4n) is 6.15. The molecule has 1 aliphatic carbocycles. The standard InChI is InChI=1S/C36H42O3/c1-6-36(7-2,31-15-14-29(26(3)22-31)18-21-35(38)19-9-8-10-20-35)32-16-17-33(27(4)23-32)30-13-11-12-28(24-30)25-34(37)39-5/h11-17,22-24,38H,6-10,19-20,25H2,1-5H3. The largest absolute Gasteiger partial charge is 0.469 e. The zero-order valence-corrected chi connectivity index (χ0v) is 24.2. The van der Waals surface area contributed by atoms with E-state index in [2.05, 4.69) is 88.1 Å². The van der Waals surface area contributed by atoms with E-state index in [0.29, 0.717) is 0 Å². The van der Waals surface area contributed by atoms with Gasteiger partial charge in [-0.05, 0) is 97.4 Å². The van der Waals surface area contributed by atoms with Gasteiger partial charge in [-0.25, -0.2) is 0 Å². The number of hydrogen-bond acceptors (Lipinski definition) is 3. The third kappa shape index (κ3) is 6.29. The van der Waals surface area contributed by atoms with Crippen molar-refractivity contribution in [2.75, 3.05) is 7.11 Å². The van der Waals surface area contributed by atoms with Gasteiger partial charge in [-0.1, -0.05) is 86.7 Å². The predicted octanol–water partition coefficient (Wildman–Crippen LogP) is 7.84. The van der Waals surface area contributed by atoms with Crippen LogP contribution in [0.4, 0.5) is 0 Å². The zero-order chi connectivity index (χ0) is 28.0. The molecule has 0 aliphatic heterocycles. The molecule has 0 unspecified atom stereocenters. The normalized spacial score (nSPS) is 14.8. The highest BCUT2D eigenvalue weighted by Gasteiger charge is 2.31. The Morgan fingerprint density at radius 3 is 2.21 bits per heavy atom. The van der Waals surface area contributed by atoms with Crippen molar-refractivity contribution in [1.82, 2.24) is 0 Å². The molecule has 204 valence electrons. The van der Waals surface area contributed by atoms with Gasteiger partial charge in [0.15, 0.2) is 0 Å². The summed E-state index contributed by atoms with van der Waals surface area (Å²) in [6.07, 6.45) is 7.09. The van der Waals surface area contributed by atoms with Crippen LogP contribution >= 0.6 is 0 Å². The summed E-state index contributed by atoms with van der Waals surface area (Å²) < 4.78 is 4.85.